The van der Waals surface area contributed by atoms with Crippen LogP contribution >= 0.6 is 0 Å². The van der Waals surface area contributed by atoms with E-state index in [-0.39, 0.29) is 17.6 Å². The summed E-state index contributed by atoms with van der Waals surface area (Å²) in [5, 5.41) is 13.6. The third-order valence-corrected chi connectivity index (χ3v) is 5.77. The molecule has 0 radical (unpaired) electrons. The molecule has 0 aliphatic carbocycles. The van der Waals surface area contributed by atoms with Crippen molar-refractivity contribution in [1.82, 2.24) is 14.5 Å². The molecule has 1 saturated heterocycles. The van der Waals surface area contributed by atoms with E-state index in [0.29, 0.717) is 35.9 Å². The zero-order valence-electron chi connectivity index (χ0n) is 17.5. The molecule has 7 heteroatoms. The maximum Gasteiger partial charge on any atom is 0.252 e. The number of rotatable bonds is 4. The van der Waals surface area contributed by atoms with Crippen LogP contribution in [-0.2, 0) is 4.74 Å². The van der Waals surface area contributed by atoms with E-state index in [9.17, 15) is 10.1 Å². The quantitative estimate of drug-likeness (QED) is 0.712. The van der Waals surface area contributed by atoms with Gasteiger partial charge >= 0.3 is 0 Å². The van der Waals surface area contributed by atoms with Crippen LogP contribution in [0, 0.1) is 25.2 Å². The predicted octanol–water partition coefficient (Wildman–Crippen LogP) is 3.80. The van der Waals surface area contributed by atoms with Gasteiger partial charge in [-0.05, 0) is 50.8 Å². The second-order valence-electron chi connectivity index (χ2n) is 7.78. The summed E-state index contributed by atoms with van der Waals surface area (Å²) in [6, 6.07) is 9.62. The largest absolute Gasteiger partial charge is 0.381 e. The van der Waals surface area contributed by atoms with Crippen LogP contribution in [0.2, 0.25) is 0 Å². The Morgan fingerprint density at radius 2 is 2.03 bits per heavy atom. The molecule has 1 fully saturated rings. The molecule has 3 aromatic rings. The SMILES string of the molecule is Cc1nc(N[C@H](C)c2cccc(C#N)c2C)c2cn(C3CCOCC3)c(=O)cc2n1. The van der Waals surface area contributed by atoms with Gasteiger partial charge in [-0.2, -0.15) is 5.26 Å². The Balaban J connectivity index is 1.76. The molecule has 1 aliphatic heterocycles. The first-order chi connectivity index (χ1) is 14.5. The van der Waals surface area contributed by atoms with Crippen LogP contribution in [-0.4, -0.2) is 27.7 Å². The lowest BCUT2D eigenvalue weighted by atomic mass is 9.98. The Morgan fingerprint density at radius 1 is 1.27 bits per heavy atom. The lowest BCUT2D eigenvalue weighted by molar-refractivity contribution is 0.0688. The molecule has 0 unspecified atom stereocenters. The number of fused-ring (bicyclic) bond motifs is 1. The molecule has 3 heterocycles. The summed E-state index contributed by atoms with van der Waals surface area (Å²) in [7, 11) is 0. The van der Waals surface area contributed by atoms with Crippen LogP contribution in [0.25, 0.3) is 10.9 Å². The highest BCUT2D eigenvalue weighted by atomic mass is 16.5. The number of hydrogen-bond donors (Lipinski definition) is 1. The average Bonchev–Trinajstić information content (AvgIpc) is 2.74. The van der Waals surface area contributed by atoms with Gasteiger partial charge in [0.1, 0.15) is 11.6 Å². The maximum absolute atomic E-state index is 12.7. The third kappa shape index (κ3) is 3.79. The fraction of sp³-hybridized carbons (Fsp3) is 0.391. The van der Waals surface area contributed by atoms with E-state index in [1.165, 1.54) is 0 Å². The monoisotopic (exact) mass is 403 g/mol. The molecule has 0 amide bonds. The average molecular weight is 403 g/mol. The molecule has 7 nitrogen and oxygen atoms in total. The van der Waals surface area contributed by atoms with Crippen molar-refractivity contribution in [3.63, 3.8) is 0 Å². The van der Waals surface area contributed by atoms with Gasteiger partial charge in [0.15, 0.2) is 0 Å². The molecule has 30 heavy (non-hydrogen) atoms. The predicted molar refractivity (Wildman–Crippen MR) is 116 cm³/mol. The summed E-state index contributed by atoms with van der Waals surface area (Å²) in [6.07, 6.45) is 3.51. The summed E-state index contributed by atoms with van der Waals surface area (Å²) in [5.74, 6) is 1.29. The molecule has 0 bridgehead atoms. The third-order valence-electron chi connectivity index (χ3n) is 5.77. The van der Waals surface area contributed by atoms with Gasteiger partial charge in [-0.25, -0.2) is 9.97 Å². The Bertz CT molecular complexity index is 1190. The molecule has 2 aromatic heterocycles. The lowest BCUT2D eigenvalue weighted by Crippen LogP contribution is -2.28. The van der Waals surface area contributed by atoms with Crippen molar-refractivity contribution >= 4 is 16.7 Å². The number of ether oxygens (including phenoxy) is 1. The molecule has 4 rings (SSSR count). The van der Waals surface area contributed by atoms with Crippen molar-refractivity contribution < 1.29 is 4.74 Å². The van der Waals surface area contributed by atoms with Crippen molar-refractivity contribution in [3.05, 3.63) is 63.3 Å². The number of nitriles is 1. The van der Waals surface area contributed by atoms with E-state index in [4.69, 9.17) is 4.74 Å². The first kappa shape index (κ1) is 20.0. The highest BCUT2D eigenvalue weighted by molar-refractivity contribution is 5.88. The van der Waals surface area contributed by atoms with Crippen molar-refractivity contribution in [2.45, 2.75) is 45.7 Å². The Hall–Kier alpha value is -3.24. The standard InChI is InChI=1S/C23H25N5O2/c1-14-17(12-24)5-4-6-19(14)15(2)25-23-20-13-28(18-7-9-30-10-8-18)22(29)11-21(20)26-16(3)27-23/h4-6,11,13,15,18H,7-10H2,1-3H3,(H,25,26,27)/t15-/m1/s1. The van der Waals surface area contributed by atoms with Gasteiger partial charge in [0.25, 0.3) is 5.56 Å². The Morgan fingerprint density at radius 3 is 2.77 bits per heavy atom. The van der Waals surface area contributed by atoms with Crippen molar-refractivity contribution in [2.24, 2.45) is 0 Å². The molecule has 1 aromatic carbocycles. The van der Waals surface area contributed by atoms with E-state index < -0.39 is 0 Å². The van der Waals surface area contributed by atoms with Gasteiger partial charge in [0.2, 0.25) is 0 Å². The molecular weight excluding hydrogens is 378 g/mol. The van der Waals surface area contributed by atoms with Crippen LogP contribution in [0.4, 0.5) is 5.82 Å². The zero-order valence-corrected chi connectivity index (χ0v) is 17.5. The van der Waals surface area contributed by atoms with Crippen LogP contribution < -0.4 is 10.9 Å². The summed E-state index contributed by atoms with van der Waals surface area (Å²) < 4.78 is 7.24. The summed E-state index contributed by atoms with van der Waals surface area (Å²) >= 11 is 0. The maximum atomic E-state index is 12.7. The van der Waals surface area contributed by atoms with Crippen LogP contribution in [0.15, 0.2) is 35.3 Å². The number of anilines is 1. The normalized spacial score (nSPS) is 15.7. The minimum Gasteiger partial charge on any atom is -0.381 e. The number of hydrogen-bond acceptors (Lipinski definition) is 6. The highest BCUT2D eigenvalue weighted by Crippen LogP contribution is 2.28. The molecule has 1 aliphatic rings. The second kappa shape index (κ2) is 8.25. The van der Waals surface area contributed by atoms with Crippen LogP contribution in [0.3, 0.4) is 0 Å². The van der Waals surface area contributed by atoms with E-state index in [0.717, 1.165) is 29.4 Å². The highest BCUT2D eigenvalue weighted by Gasteiger charge is 2.19. The van der Waals surface area contributed by atoms with E-state index >= 15 is 0 Å². The minimum absolute atomic E-state index is 0.0518. The molecular formula is C23H25N5O2. The van der Waals surface area contributed by atoms with E-state index in [1.807, 2.05) is 45.2 Å². The number of benzene rings is 1. The molecule has 154 valence electrons. The summed E-state index contributed by atoms with van der Waals surface area (Å²) in [6.45, 7) is 7.15. The van der Waals surface area contributed by atoms with E-state index in [2.05, 4.69) is 21.4 Å². The first-order valence-corrected chi connectivity index (χ1v) is 10.2. The van der Waals surface area contributed by atoms with E-state index in [1.54, 1.807) is 10.6 Å². The Labute approximate surface area is 175 Å². The number of aromatic nitrogens is 3. The molecule has 0 saturated carbocycles. The van der Waals surface area contributed by atoms with Crippen molar-refractivity contribution in [1.29, 1.82) is 5.26 Å². The zero-order chi connectivity index (χ0) is 21.3. The Kier molecular flexibility index (Phi) is 5.51. The van der Waals surface area contributed by atoms with Crippen molar-refractivity contribution in [3.8, 4) is 6.07 Å². The molecule has 0 spiro atoms. The van der Waals surface area contributed by atoms with Gasteiger partial charge in [-0.1, -0.05) is 12.1 Å². The summed E-state index contributed by atoms with van der Waals surface area (Å²) in [5.41, 5.74) is 3.24. The fourth-order valence-corrected chi connectivity index (χ4v) is 4.12. The second-order valence-corrected chi connectivity index (χ2v) is 7.78. The lowest BCUT2D eigenvalue weighted by Gasteiger charge is -2.25. The number of nitrogens with zero attached hydrogens (tertiary/aromatic N) is 4. The van der Waals surface area contributed by atoms with Gasteiger partial charge in [0.05, 0.1) is 28.6 Å². The smallest absolute Gasteiger partial charge is 0.252 e. The first-order valence-electron chi connectivity index (χ1n) is 10.2. The fourth-order valence-electron chi connectivity index (χ4n) is 4.12. The van der Waals surface area contributed by atoms with Gasteiger partial charge in [-0.3, -0.25) is 4.79 Å². The number of pyridine rings is 1. The number of aryl methyl sites for hydroxylation is 1. The topological polar surface area (TPSA) is 92.8 Å². The van der Waals surface area contributed by atoms with Gasteiger partial charge in [0, 0.05) is 31.5 Å². The number of nitrogens with one attached hydrogen (secondary N) is 1. The molecule has 1 N–H and O–H groups in total. The van der Waals surface area contributed by atoms with Crippen LogP contribution in [0.5, 0.6) is 0 Å². The van der Waals surface area contributed by atoms with Gasteiger partial charge < -0.3 is 14.6 Å². The minimum atomic E-state index is -0.0701. The van der Waals surface area contributed by atoms with Crippen LogP contribution in [0.1, 0.15) is 54.4 Å². The van der Waals surface area contributed by atoms with Crippen molar-refractivity contribution in [2.75, 3.05) is 18.5 Å². The van der Waals surface area contributed by atoms with Gasteiger partial charge in [-0.15, -0.1) is 0 Å². The summed E-state index contributed by atoms with van der Waals surface area (Å²) in [4.78, 5) is 21.8. The molecule has 1 atom stereocenters.